The molecule has 1 rings (SSSR count). The maximum Gasteiger partial charge on any atom is 0.310 e. The van der Waals surface area contributed by atoms with Crippen molar-refractivity contribution in [3.8, 4) is 0 Å². The normalized spacial score (nSPS) is 11.1. The topological polar surface area (TPSA) is 26.3 Å². The zero-order chi connectivity index (χ0) is 15.7. The average Bonchev–Trinajstić information content (AvgIpc) is 2.38. The molecule has 0 radical (unpaired) electrons. The molecule has 0 aromatic heterocycles. The Balaban J connectivity index is 2.31. The van der Waals surface area contributed by atoms with E-state index in [1.54, 1.807) is 0 Å². The first-order chi connectivity index (χ1) is 9.97. The van der Waals surface area contributed by atoms with Crippen LogP contribution in [0.25, 0.3) is 0 Å². The first kappa shape index (κ1) is 18.0. The van der Waals surface area contributed by atoms with Crippen LogP contribution in [-0.2, 0) is 16.0 Å². The van der Waals surface area contributed by atoms with Crippen LogP contribution in [0.3, 0.4) is 0 Å². The Morgan fingerprint density at radius 3 is 2.67 bits per heavy atom. The van der Waals surface area contributed by atoms with Gasteiger partial charge in [-0.05, 0) is 80.0 Å². The van der Waals surface area contributed by atoms with Crippen molar-refractivity contribution in [3.63, 3.8) is 0 Å². The van der Waals surface area contributed by atoms with Crippen molar-refractivity contribution in [1.29, 1.82) is 0 Å². The van der Waals surface area contributed by atoms with E-state index in [9.17, 15) is 4.79 Å². The number of halogens is 1. The lowest BCUT2D eigenvalue weighted by molar-refractivity contribution is -0.141. The maximum atomic E-state index is 11.7. The molecule has 0 saturated carbocycles. The van der Waals surface area contributed by atoms with E-state index >= 15 is 0 Å². The number of carbonyl (C=O) groups excluding carboxylic acids is 1. The van der Waals surface area contributed by atoms with E-state index in [1.165, 1.54) is 11.1 Å². The quantitative estimate of drug-likeness (QED) is 0.364. The van der Waals surface area contributed by atoms with Crippen LogP contribution in [0.4, 0.5) is 0 Å². The average molecular weight is 398 g/mol. The summed E-state index contributed by atoms with van der Waals surface area (Å²) in [7, 11) is 0. The Hall–Kier alpha value is -1.10. The third kappa shape index (κ3) is 8.71. The fraction of sp³-hybridized carbons (Fsp3) is 0.389. The Morgan fingerprint density at radius 2 is 2.00 bits per heavy atom. The molecule has 0 aliphatic carbocycles. The first-order valence-electron chi connectivity index (χ1n) is 7.16. The van der Waals surface area contributed by atoms with Crippen molar-refractivity contribution in [3.05, 3.63) is 56.7 Å². The minimum Gasteiger partial charge on any atom is -0.461 e. The monoisotopic (exact) mass is 398 g/mol. The van der Waals surface area contributed by atoms with E-state index in [-0.39, 0.29) is 5.97 Å². The molecule has 0 unspecified atom stereocenters. The molecule has 0 aliphatic rings. The second-order valence-corrected chi connectivity index (χ2v) is 6.61. The molecule has 0 atom stereocenters. The van der Waals surface area contributed by atoms with Gasteiger partial charge in [0, 0.05) is 3.57 Å². The van der Waals surface area contributed by atoms with Gasteiger partial charge in [0.25, 0.3) is 0 Å². The second kappa shape index (κ2) is 9.77. The molecule has 1 aromatic carbocycles. The number of rotatable bonds is 7. The Morgan fingerprint density at radius 1 is 1.24 bits per heavy atom. The van der Waals surface area contributed by atoms with E-state index < -0.39 is 0 Å². The minimum atomic E-state index is -0.176. The molecule has 2 nitrogen and oxygen atoms in total. The standard InChI is InChI=1S/C18H23IO2/c1-14(2)6-4-7-15(3)10-11-21-18(20)13-16-8-5-9-17(19)12-16/h5-6,8-10,12H,4,7,11,13H2,1-3H3/b15-10-. The third-order valence-electron chi connectivity index (χ3n) is 3.00. The van der Waals surface area contributed by atoms with Crippen LogP contribution < -0.4 is 0 Å². The van der Waals surface area contributed by atoms with Crippen molar-refractivity contribution < 1.29 is 9.53 Å². The lowest BCUT2D eigenvalue weighted by Crippen LogP contribution is -2.08. The highest BCUT2D eigenvalue weighted by molar-refractivity contribution is 14.1. The van der Waals surface area contributed by atoms with Gasteiger partial charge in [-0.15, -0.1) is 0 Å². The van der Waals surface area contributed by atoms with Gasteiger partial charge in [-0.2, -0.15) is 0 Å². The zero-order valence-corrected chi connectivity index (χ0v) is 15.1. The van der Waals surface area contributed by atoms with E-state index in [2.05, 4.69) is 49.4 Å². The highest BCUT2D eigenvalue weighted by atomic mass is 127. The molecular weight excluding hydrogens is 375 g/mol. The number of ether oxygens (including phenoxy) is 1. The predicted octanol–water partition coefficient (Wildman–Crippen LogP) is 5.07. The van der Waals surface area contributed by atoms with Crippen LogP contribution in [0.1, 0.15) is 39.2 Å². The van der Waals surface area contributed by atoms with Gasteiger partial charge >= 0.3 is 5.97 Å². The van der Waals surface area contributed by atoms with Gasteiger partial charge < -0.3 is 4.74 Å². The second-order valence-electron chi connectivity index (χ2n) is 5.36. The summed E-state index contributed by atoms with van der Waals surface area (Å²) in [6.07, 6.45) is 6.61. The summed E-state index contributed by atoms with van der Waals surface area (Å²) in [6.45, 7) is 6.65. The molecular formula is C18H23IO2. The molecule has 0 heterocycles. The zero-order valence-electron chi connectivity index (χ0n) is 13.0. The summed E-state index contributed by atoms with van der Waals surface area (Å²) in [4.78, 5) is 11.7. The number of esters is 1. The molecule has 21 heavy (non-hydrogen) atoms. The Labute approximate surface area is 141 Å². The van der Waals surface area contributed by atoms with Crippen LogP contribution in [0.5, 0.6) is 0 Å². The predicted molar refractivity (Wildman–Crippen MR) is 96.2 cm³/mol. The number of benzene rings is 1. The van der Waals surface area contributed by atoms with Gasteiger partial charge in [-0.3, -0.25) is 4.79 Å². The number of carbonyl (C=O) groups is 1. The largest absolute Gasteiger partial charge is 0.461 e. The van der Waals surface area contributed by atoms with Crippen molar-refractivity contribution in [2.24, 2.45) is 0 Å². The first-order valence-corrected chi connectivity index (χ1v) is 8.24. The molecule has 0 aliphatic heterocycles. The van der Waals surface area contributed by atoms with Crippen LogP contribution in [0.2, 0.25) is 0 Å². The SMILES string of the molecule is CC(C)=CCC/C(C)=C\COC(=O)Cc1cccc(I)c1. The van der Waals surface area contributed by atoms with Gasteiger partial charge in [0.2, 0.25) is 0 Å². The smallest absolute Gasteiger partial charge is 0.310 e. The van der Waals surface area contributed by atoms with Crippen LogP contribution in [-0.4, -0.2) is 12.6 Å². The van der Waals surface area contributed by atoms with Crippen molar-refractivity contribution >= 4 is 28.6 Å². The molecule has 0 N–H and O–H groups in total. The molecule has 0 fully saturated rings. The molecule has 114 valence electrons. The molecule has 0 amide bonds. The highest BCUT2D eigenvalue weighted by Crippen LogP contribution is 2.09. The summed E-state index contributed by atoms with van der Waals surface area (Å²) >= 11 is 2.24. The van der Waals surface area contributed by atoms with Crippen LogP contribution in [0, 0.1) is 3.57 Å². The van der Waals surface area contributed by atoms with Crippen LogP contribution >= 0.6 is 22.6 Å². The van der Waals surface area contributed by atoms with E-state index in [1.807, 2.05) is 30.3 Å². The number of allylic oxidation sites excluding steroid dienone is 3. The van der Waals surface area contributed by atoms with Gasteiger partial charge in [0.05, 0.1) is 6.42 Å². The fourth-order valence-electron chi connectivity index (χ4n) is 1.83. The van der Waals surface area contributed by atoms with Crippen molar-refractivity contribution in [2.75, 3.05) is 6.61 Å². The highest BCUT2D eigenvalue weighted by Gasteiger charge is 2.04. The fourth-order valence-corrected chi connectivity index (χ4v) is 2.44. The molecule has 3 heteroatoms. The van der Waals surface area contributed by atoms with E-state index in [0.717, 1.165) is 22.0 Å². The number of hydrogen-bond acceptors (Lipinski definition) is 2. The molecule has 1 aromatic rings. The molecule has 0 saturated heterocycles. The summed E-state index contributed by atoms with van der Waals surface area (Å²) in [5.74, 6) is -0.176. The summed E-state index contributed by atoms with van der Waals surface area (Å²) < 4.78 is 6.38. The lowest BCUT2D eigenvalue weighted by Gasteiger charge is -2.04. The molecule has 0 spiro atoms. The molecule has 0 bridgehead atoms. The lowest BCUT2D eigenvalue weighted by atomic mass is 10.1. The number of hydrogen-bond donors (Lipinski definition) is 0. The van der Waals surface area contributed by atoms with Crippen LogP contribution in [0.15, 0.2) is 47.6 Å². The van der Waals surface area contributed by atoms with Gasteiger partial charge in [0.1, 0.15) is 6.61 Å². The Kier molecular flexibility index (Phi) is 8.35. The van der Waals surface area contributed by atoms with E-state index in [0.29, 0.717) is 13.0 Å². The summed E-state index contributed by atoms with van der Waals surface area (Å²) in [5.41, 5.74) is 3.59. The Bertz CT molecular complexity index is 526. The maximum absolute atomic E-state index is 11.7. The van der Waals surface area contributed by atoms with Gasteiger partial charge in [0.15, 0.2) is 0 Å². The third-order valence-corrected chi connectivity index (χ3v) is 3.68. The van der Waals surface area contributed by atoms with Crippen molar-refractivity contribution in [2.45, 2.75) is 40.0 Å². The summed E-state index contributed by atoms with van der Waals surface area (Å²) in [5, 5.41) is 0. The van der Waals surface area contributed by atoms with Crippen molar-refractivity contribution in [1.82, 2.24) is 0 Å². The van der Waals surface area contributed by atoms with E-state index in [4.69, 9.17) is 4.74 Å². The summed E-state index contributed by atoms with van der Waals surface area (Å²) in [6, 6.07) is 7.91. The van der Waals surface area contributed by atoms with Gasteiger partial charge in [-0.1, -0.05) is 29.4 Å². The van der Waals surface area contributed by atoms with Gasteiger partial charge in [-0.25, -0.2) is 0 Å². The minimum absolute atomic E-state index is 0.176.